The number of ether oxygens (including phenoxy) is 1. The van der Waals surface area contributed by atoms with Crippen LogP contribution in [0.25, 0.3) is 0 Å². The van der Waals surface area contributed by atoms with E-state index >= 15 is 0 Å². The van der Waals surface area contributed by atoms with E-state index < -0.39 is 33.6 Å². The van der Waals surface area contributed by atoms with E-state index in [0.717, 1.165) is 30.4 Å². The van der Waals surface area contributed by atoms with Crippen LogP contribution in [0.2, 0.25) is 0 Å². The minimum Gasteiger partial charge on any atom is -0.468 e. The fourth-order valence-corrected chi connectivity index (χ4v) is 6.08. The second-order valence-electron chi connectivity index (χ2n) is 10.5. The molecule has 0 spiro atoms. The molecule has 208 valence electrons. The number of esters is 1. The van der Waals surface area contributed by atoms with E-state index in [1.807, 2.05) is 18.2 Å². The number of non-ortho nitro benzene ring substituents is 1. The van der Waals surface area contributed by atoms with Crippen LogP contribution in [0.1, 0.15) is 55.0 Å². The summed E-state index contributed by atoms with van der Waals surface area (Å²) < 4.78 is 3.86. The number of methoxy groups -OCH3 is 1. The summed E-state index contributed by atoms with van der Waals surface area (Å²) in [5, 5.41) is 14.6. The normalized spacial score (nSPS) is 19.3. The monoisotopic (exact) mass is 554 g/mol. The molecule has 2 aromatic carbocycles. The summed E-state index contributed by atoms with van der Waals surface area (Å²) in [4.78, 5) is 51.7. The minimum atomic E-state index is -1.04. The first kappa shape index (κ1) is 28.6. The molecule has 3 N–H and O–H groups in total. The predicted octanol–water partition coefficient (Wildman–Crippen LogP) is 3.05. The van der Waals surface area contributed by atoms with E-state index in [-0.39, 0.29) is 36.4 Å². The van der Waals surface area contributed by atoms with Gasteiger partial charge in [0.15, 0.2) is 0 Å². The molecule has 1 heterocycles. The Morgan fingerprint density at radius 1 is 1.21 bits per heavy atom. The summed E-state index contributed by atoms with van der Waals surface area (Å²) >= 11 is 1.20. The third kappa shape index (κ3) is 6.25. The first-order valence-corrected chi connectivity index (χ1v) is 13.9. The van der Waals surface area contributed by atoms with Gasteiger partial charge in [-0.3, -0.25) is 24.5 Å². The van der Waals surface area contributed by atoms with E-state index in [2.05, 4.69) is 11.4 Å². The Labute approximate surface area is 231 Å². The zero-order chi connectivity index (χ0) is 28.3. The second-order valence-corrected chi connectivity index (χ2v) is 12.1. The van der Waals surface area contributed by atoms with Crippen LogP contribution in [0.5, 0.6) is 0 Å². The molecule has 0 saturated heterocycles. The van der Waals surface area contributed by atoms with E-state index in [9.17, 15) is 24.5 Å². The van der Waals surface area contributed by atoms with Gasteiger partial charge in [0.05, 0.1) is 29.9 Å². The molecule has 0 aromatic heterocycles. The van der Waals surface area contributed by atoms with Gasteiger partial charge in [-0.15, -0.1) is 11.8 Å². The van der Waals surface area contributed by atoms with Crippen LogP contribution in [0, 0.1) is 10.1 Å². The number of amides is 2. The van der Waals surface area contributed by atoms with Crippen LogP contribution in [0.4, 0.5) is 5.69 Å². The number of hydrogen-bond acceptors (Lipinski definition) is 8. The summed E-state index contributed by atoms with van der Waals surface area (Å²) in [5.41, 5.74) is 10.0. The Bertz CT molecular complexity index is 1280. The minimum absolute atomic E-state index is 0.0145. The van der Waals surface area contributed by atoms with Crippen LogP contribution in [0.15, 0.2) is 42.5 Å². The van der Waals surface area contributed by atoms with E-state index in [0.29, 0.717) is 5.56 Å². The fourth-order valence-electron chi connectivity index (χ4n) is 5.19. The lowest BCUT2D eigenvalue weighted by molar-refractivity contribution is -0.385. The number of thioether (sulfide) groups is 1. The van der Waals surface area contributed by atoms with Crippen LogP contribution >= 0.6 is 11.8 Å². The molecule has 0 fully saturated rings. The Kier molecular flexibility index (Phi) is 8.60. The smallest absolute Gasteiger partial charge is 0.315 e. The molecule has 11 heteroatoms. The van der Waals surface area contributed by atoms with Gasteiger partial charge in [-0.1, -0.05) is 30.3 Å². The zero-order valence-electron chi connectivity index (χ0n) is 22.3. The van der Waals surface area contributed by atoms with Crippen molar-refractivity contribution in [3.05, 3.63) is 74.8 Å². The Balaban J connectivity index is 1.62. The van der Waals surface area contributed by atoms with Crippen LogP contribution < -0.4 is 11.1 Å². The number of rotatable bonds is 8. The van der Waals surface area contributed by atoms with Gasteiger partial charge in [-0.25, -0.2) is 0 Å². The summed E-state index contributed by atoms with van der Waals surface area (Å²) in [6, 6.07) is 10.5. The summed E-state index contributed by atoms with van der Waals surface area (Å²) in [6.45, 7) is 3.54. The van der Waals surface area contributed by atoms with E-state index in [4.69, 9.17) is 10.5 Å². The number of hydrogen-bond donors (Lipinski definition) is 2. The second kappa shape index (κ2) is 11.7. The molecule has 4 rings (SSSR count). The SMILES string of the molecule is COC(=O)CSC(C)(C)C(N)C(=O)N1Cc2cc([N+](=O)[O-])ccc2C[C@H]1C(=O)N[C@@H]1CCCc2ccccc21. The molecule has 10 nitrogen and oxygen atoms in total. The molecule has 2 amide bonds. The van der Waals surface area contributed by atoms with Gasteiger partial charge in [-0.2, -0.15) is 0 Å². The number of nitro groups is 1. The Morgan fingerprint density at radius 2 is 1.95 bits per heavy atom. The number of nitrogens with two attached hydrogens (primary N) is 1. The fraction of sp³-hybridized carbons (Fsp3) is 0.464. The number of carbonyl (C=O) groups is 3. The van der Waals surface area contributed by atoms with Crippen molar-refractivity contribution in [3.63, 3.8) is 0 Å². The summed E-state index contributed by atoms with van der Waals surface area (Å²) in [5.74, 6) is -1.17. The van der Waals surface area contributed by atoms with Gasteiger partial charge in [0.1, 0.15) is 6.04 Å². The van der Waals surface area contributed by atoms with Crippen molar-refractivity contribution in [2.75, 3.05) is 12.9 Å². The third-order valence-electron chi connectivity index (χ3n) is 7.61. The molecule has 1 aliphatic heterocycles. The van der Waals surface area contributed by atoms with Crippen molar-refractivity contribution >= 4 is 35.2 Å². The lowest BCUT2D eigenvalue weighted by Crippen LogP contribution is -2.60. The number of carbonyl (C=O) groups excluding carboxylic acids is 3. The number of nitrogens with one attached hydrogen (secondary N) is 1. The maximum atomic E-state index is 13.9. The van der Waals surface area contributed by atoms with Crippen molar-refractivity contribution < 1.29 is 24.0 Å². The van der Waals surface area contributed by atoms with Gasteiger partial charge in [-0.05, 0) is 55.4 Å². The number of fused-ring (bicyclic) bond motifs is 2. The first-order valence-electron chi connectivity index (χ1n) is 12.9. The average Bonchev–Trinajstić information content (AvgIpc) is 2.94. The number of benzene rings is 2. The highest BCUT2D eigenvalue weighted by molar-refractivity contribution is 8.01. The molecular formula is C28H34N4O6S. The molecule has 0 saturated carbocycles. The average molecular weight is 555 g/mol. The number of aryl methyl sites for hydroxylation is 1. The maximum Gasteiger partial charge on any atom is 0.315 e. The Hall–Kier alpha value is -3.44. The maximum absolute atomic E-state index is 13.9. The van der Waals surface area contributed by atoms with Crippen molar-refractivity contribution in [1.29, 1.82) is 0 Å². The van der Waals surface area contributed by atoms with Crippen molar-refractivity contribution in [2.45, 2.75) is 68.9 Å². The first-order chi connectivity index (χ1) is 18.5. The van der Waals surface area contributed by atoms with Crippen molar-refractivity contribution in [3.8, 4) is 0 Å². The molecular weight excluding hydrogens is 520 g/mol. The molecule has 0 radical (unpaired) electrons. The van der Waals surface area contributed by atoms with E-state index in [1.165, 1.54) is 41.5 Å². The van der Waals surface area contributed by atoms with E-state index in [1.54, 1.807) is 19.9 Å². The number of nitro benzene ring substituents is 1. The molecule has 3 atom stereocenters. The summed E-state index contributed by atoms with van der Waals surface area (Å²) in [7, 11) is 1.29. The van der Waals surface area contributed by atoms with Gasteiger partial charge >= 0.3 is 5.97 Å². The summed E-state index contributed by atoms with van der Waals surface area (Å²) in [6.07, 6.45) is 2.90. The van der Waals surface area contributed by atoms with Gasteiger partial charge in [0.2, 0.25) is 11.8 Å². The van der Waals surface area contributed by atoms with Crippen molar-refractivity contribution in [1.82, 2.24) is 10.2 Å². The molecule has 39 heavy (non-hydrogen) atoms. The van der Waals surface area contributed by atoms with Gasteiger partial charge in [0.25, 0.3) is 5.69 Å². The Morgan fingerprint density at radius 3 is 2.67 bits per heavy atom. The number of nitrogens with zero attached hydrogens (tertiary/aromatic N) is 2. The van der Waals surface area contributed by atoms with Gasteiger partial charge in [0, 0.05) is 29.8 Å². The quantitative estimate of drug-likeness (QED) is 0.288. The third-order valence-corrected chi connectivity index (χ3v) is 8.99. The molecule has 1 aliphatic carbocycles. The molecule has 2 aliphatic rings. The lowest BCUT2D eigenvalue weighted by Gasteiger charge is -2.41. The van der Waals surface area contributed by atoms with Crippen LogP contribution in [-0.4, -0.2) is 57.3 Å². The highest BCUT2D eigenvalue weighted by atomic mass is 32.2. The molecule has 1 unspecified atom stereocenters. The highest BCUT2D eigenvalue weighted by Crippen LogP contribution is 2.34. The largest absolute Gasteiger partial charge is 0.468 e. The lowest BCUT2D eigenvalue weighted by atomic mass is 9.87. The molecule has 2 aromatic rings. The highest BCUT2D eigenvalue weighted by Gasteiger charge is 2.42. The van der Waals surface area contributed by atoms with Crippen molar-refractivity contribution in [2.24, 2.45) is 5.73 Å². The standard InChI is InChI=1S/C28H34N4O6S/c1-28(2,39-16-24(33)38-3)25(29)27(35)31-15-19-13-20(32(36)37)12-11-18(19)14-23(31)26(34)30-22-10-6-8-17-7-4-5-9-21(17)22/h4-5,7,9,11-13,22-23,25H,6,8,10,14-16,29H2,1-3H3,(H,30,34)/t22-,23+,25?/m1/s1. The predicted molar refractivity (Wildman–Crippen MR) is 148 cm³/mol. The van der Waals surface area contributed by atoms with Gasteiger partial charge < -0.3 is 20.7 Å². The zero-order valence-corrected chi connectivity index (χ0v) is 23.2. The molecule has 0 bridgehead atoms. The van der Waals surface area contributed by atoms with Crippen LogP contribution in [0.3, 0.4) is 0 Å². The van der Waals surface area contributed by atoms with Crippen LogP contribution in [-0.2, 0) is 38.5 Å². The topological polar surface area (TPSA) is 145 Å².